The van der Waals surface area contributed by atoms with Crippen molar-refractivity contribution in [2.24, 2.45) is 0 Å². The van der Waals surface area contributed by atoms with E-state index < -0.39 is 20.6 Å². The Hall–Kier alpha value is -4.17. The first kappa shape index (κ1) is 13.7. The van der Waals surface area contributed by atoms with Crippen LogP contribution in [-0.2, 0) is 0 Å². The van der Waals surface area contributed by atoms with Crippen LogP contribution in [0.5, 0.6) is 0 Å². The molecule has 6 rings (SSSR count). The van der Waals surface area contributed by atoms with Crippen LogP contribution in [0.15, 0.2) is 95.5 Å². The molecule has 35 heavy (non-hydrogen) atoms. The van der Waals surface area contributed by atoms with Gasteiger partial charge in [-0.05, 0) is 84.6 Å². The van der Waals surface area contributed by atoms with Crippen LogP contribution in [0, 0.1) is 27.5 Å². The van der Waals surface area contributed by atoms with E-state index in [1.807, 2.05) is 42.5 Å². The van der Waals surface area contributed by atoms with Crippen molar-refractivity contribution >= 4 is 21.9 Å². The quantitative estimate of drug-likeness (QED) is 0.262. The fourth-order valence-electron chi connectivity index (χ4n) is 4.63. The van der Waals surface area contributed by atoms with Crippen molar-refractivity contribution in [3.8, 4) is 33.5 Å². The second-order valence-corrected chi connectivity index (χ2v) is 8.71. The molecule has 0 atom stereocenters. The zero-order valence-electron chi connectivity index (χ0n) is 28.0. The van der Waals surface area contributed by atoms with Gasteiger partial charge >= 0.3 is 0 Å². The van der Waals surface area contributed by atoms with Gasteiger partial charge in [0.05, 0.1) is 5.69 Å². The Labute approximate surface area is 218 Å². The van der Waals surface area contributed by atoms with Crippen molar-refractivity contribution < 1.29 is 16.8 Å². The first-order valence-corrected chi connectivity index (χ1v) is 11.3. The number of furan rings is 1. The highest BCUT2D eigenvalue weighted by Gasteiger charge is 2.15. The number of hydrogen-bond donors (Lipinski definition) is 0. The molecular formula is C33H27NO. The van der Waals surface area contributed by atoms with Gasteiger partial charge in [0.25, 0.3) is 0 Å². The Kier molecular flexibility index (Phi) is 3.22. The van der Waals surface area contributed by atoms with E-state index in [0.717, 1.165) is 16.3 Å². The van der Waals surface area contributed by atoms with Gasteiger partial charge in [-0.3, -0.25) is 4.98 Å². The van der Waals surface area contributed by atoms with E-state index in [-0.39, 0.29) is 27.8 Å². The molecule has 2 heterocycles. The number of benzene rings is 4. The highest BCUT2D eigenvalue weighted by Crippen LogP contribution is 2.38. The molecule has 2 aromatic heterocycles. The summed E-state index contributed by atoms with van der Waals surface area (Å²) in [4.78, 5) is 4.50. The van der Waals surface area contributed by atoms with E-state index in [4.69, 9.17) is 16.8 Å². The van der Waals surface area contributed by atoms with Gasteiger partial charge < -0.3 is 4.42 Å². The third kappa shape index (κ3) is 3.63. The van der Waals surface area contributed by atoms with Crippen LogP contribution in [0.3, 0.4) is 0 Å². The Balaban J connectivity index is 1.60. The standard InChI is InChI=1S/C33H27NO/c1-20-12-14-25(21(2)16-20)24-13-15-26(22(3)17-24)30-18-31(34-19-23(30)4)29-10-7-9-28-27-8-5-6-11-32(27)35-33(28)29/h5-19H,1-4H3/i2D3,3D3,4D3. The number of rotatable bonds is 3. The van der Waals surface area contributed by atoms with Gasteiger partial charge in [0, 0.05) is 34.9 Å². The molecule has 170 valence electrons. The van der Waals surface area contributed by atoms with Gasteiger partial charge in [0.15, 0.2) is 0 Å². The largest absolute Gasteiger partial charge is 0.455 e. The van der Waals surface area contributed by atoms with Crippen LogP contribution in [0.2, 0.25) is 0 Å². The lowest BCUT2D eigenvalue weighted by atomic mass is 9.91. The maximum atomic E-state index is 8.40. The maximum Gasteiger partial charge on any atom is 0.144 e. The SMILES string of the molecule is [2H]C([2H])([2H])c1cc(C)ccc1-c1ccc(-c2cc(-c3cccc4c3oc3ccccc34)ncc2C([2H])([2H])[2H])c(C([2H])([2H])[2H])c1. The van der Waals surface area contributed by atoms with Crippen molar-refractivity contribution in [3.05, 3.63) is 113 Å². The highest BCUT2D eigenvalue weighted by molar-refractivity contribution is 6.09. The molecule has 6 aromatic rings. The number of fused-ring (bicyclic) bond motifs is 3. The molecule has 0 amide bonds. The van der Waals surface area contributed by atoms with Gasteiger partial charge in [0.1, 0.15) is 11.2 Å². The molecule has 0 aliphatic heterocycles. The van der Waals surface area contributed by atoms with Crippen LogP contribution in [0.4, 0.5) is 0 Å². The molecule has 0 saturated heterocycles. The van der Waals surface area contributed by atoms with Crippen LogP contribution in [-0.4, -0.2) is 4.98 Å². The van der Waals surface area contributed by atoms with Crippen molar-refractivity contribution in [1.82, 2.24) is 4.98 Å². The molecule has 2 heteroatoms. The topological polar surface area (TPSA) is 26.0 Å². The lowest BCUT2D eigenvalue weighted by molar-refractivity contribution is 0.670. The third-order valence-electron chi connectivity index (χ3n) is 6.38. The van der Waals surface area contributed by atoms with E-state index in [0.29, 0.717) is 33.6 Å². The maximum absolute atomic E-state index is 8.40. The fourth-order valence-corrected chi connectivity index (χ4v) is 4.63. The molecule has 0 fully saturated rings. The van der Waals surface area contributed by atoms with Crippen LogP contribution in [0.25, 0.3) is 55.4 Å². The lowest BCUT2D eigenvalue weighted by Gasteiger charge is -2.14. The molecule has 4 aromatic carbocycles. The molecule has 0 spiro atoms. The monoisotopic (exact) mass is 462 g/mol. The summed E-state index contributed by atoms with van der Waals surface area (Å²) in [6.45, 7) is -5.88. The van der Waals surface area contributed by atoms with Crippen molar-refractivity contribution in [2.45, 2.75) is 27.5 Å². The van der Waals surface area contributed by atoms with Crippen LogP contribution >= 0.6 is 0 Å². The predicted molar refractivity (Wildman–Crippen MR) is 147 cm³/mol. The highest BCUT2D eigenvalue weighted by atomic mass is 16.3. The van der Waals surface area contributed by atoms with Gasteiger partial charge in [-0.25, -0.2) is 0 Å². The third-order valence-corrected chi connectivity index (χ3v) is 6.38. The Morgan fingerprint density at radius 1 is 0.657 bits per heavy atom. The minimum atomic E-state index is -2.65. The predicted octanol–water partition coefficient (Wildman–Crippen LogP) is 9.22. The molecule has 0 aliphatic rings. The van der Waals surface area contributed by atoms with E-state index in [9.17, 15) is 0 Å². The average molecular weight is 463 g/mol. The molecule has 0 radical (unpaired) electrons. The second kappa shape index (κ2) is 8.25. The van der Waals surface area contributed by atoms with Crippen LogP contribution < -0.4 is 0 Å². The summed E-state index contributed by atoms with van der Waals surface area (Å²) >= 11 is 0. The summed E-state index contributed by atoms with van der Waals surface area (Å²) < 4.78 is 80.2. The van der Waals surface area contributed by atoms with Crippen molar-refractivity contribution in [1.29, 1.82) is 0 Å². The zero-order valence-corrected chi connectivity index (χ0v) is 19.0. The van der Waals surface area contributed by atoms with Gasteiger partial charge in [-0.1, -0.05) is 72.3 Å². The number of para-hydroxylation sites is 2. The summed E-state index contributed by atoms with van der Waals surface area (Å²) in [6, 6.07) is 24.5. The zero-order chi connectivity index (χ0) is 31.6. The van der Waals surface area contributed by atoms with Gasteiger partial charge in [-0.2, -0.15) is 0 Å². The minimum absolute atomic E-state index is 0.100. The number of aromatic nitrogens is 1. The summed E-state index contributed by atoms with van der Waals surface area (Å²) in [5, 5.41) is 1.80. The van der Waals surface area contributed by atoms with E-state index in [2.05, 4.69) is 4.98 Å². The number of hydrogen-bond acceptors (Lipinski definition) is 2. The molecule has 0 saturated carbocycles. The molecule has 0 N–H and O–H groups in total. The Bertz CT molecular complexity index is 2050. The van der Waals surface area contributed by atoms with Crippen molar-refractivity contribution in [3.63, 3.8) is 0 Å². The van der Waals surface area contributed by atoms with E-state index >= 15 is 0 Å². The smallest absolute Gasteiger partial charge is 0.144 e. The number of nitrogens with zero attached hydrogens (tertiary/aromatic N) is 1. The van der Waals surface area contributed by atoms with E-state index in [1.54, 1.807) is 43.3 Å². The molecule has 0 unspecified atom stereocenters. The molecule has 2 nitrogen and oxygen atoms in total. The first-order chi connectivity index (χ1) is 20.6. The van der Waals surface area contributed by atoms with Gasteiger partial charge in [-0.15, -0.1) is 0 Å². The molecule has 0 aliphatic carbocycles. The Morgan fingerprint density at radius 2 is 1.46 bits per heavy atom. The fraction of sp³-hybridized carbons (Fsp3) is 0.121. The normalized spacial score (nSPS) is 16.3. The molecular weight excluding hydrogens is 426 g/mol. The lowest BCUT2D eigenvalue weighted by Crippen LogP contribution is -1.93. The van der Waals surface area contributed by atoms with Gasteiger partial charge in [0.2, 0.25) is 0 Å². The van der Waals surface area contributed by atoms with E-state index in [1.165, 1.54) is 12.3 Å². The summed E-state index contributed by atoms with van der Waals surface area (Å²) in [7, 11) is 0. The summed E-state index contributed by atoms with van der Waals surface area (Å²) in [5.74, 6) is 0. The summed E-state index contributed by atoms with van der Waals surface area (Å²) in [6.07, 6.45) is 1.27. The second-order valence-electron chi connectivity index (χ2n) is 8.71. The summed E-state index contributed by atoms with van der Waals surface area (Å²) in [5.41, 5.74) is 4.17. The first-order valence-electron chi connectivity index (χ1n) is 15.8. The van der Waals surface area contributed by atoms with Crippen LogP contribution in [0.1, 0.15) is 34.6 Å². The Morgan fingerprint density at radius 3 is 2.34 bits per heavy atom. The molecule has 0 bridgehead atoms. The average Bonchev–Trinajstić information content (AvgIpc) is 3.34. The number of pyridine rings is 1. The minimum Gasteiger partial charge on any atom is -0.455 e. The number of aryl methyl sites for hydroxylation is 4. The van der Waals surface area contributed by atoms with Crippen molar-refractivity contribution in [2.75, 3.05) is 0 Å².